The van der Waals surface area contributed by atoms with E-state index in [0.717, 1.165) is 18.7 Å². The van der Waals surface area contributed by atoms with Crippen molar-refractivity contribution in [1.82, 2.24) is 15.4 Å². The third kappa shape index (κ3) is 3.91. The van der Waals surface area contributed by atoms with Gasteiger partial charge in [-0.3, -0.25) is 21.2 Å². The molecule has 5 nitrogen and oxygen atoms in total. The molecule has 3 N–H and O–H groups in total. The molecule has 0 bridgehead atoms. The van der Waals surface area contributed by atoms with Gasteiger partial charge in [0.1, 0.15) is 0 Å². The van der Waals surface area contributed by atoms with Crippen molar-refractivity contribution < 1.29 is 4.74 Å². The third-order valence-corrected chi connectivity index (χ3v) is 2.23. The Balaban J connectivity index is 2.56. The van der Waals surface area contributed by atoms with Gasteiger partial charge in [-0.1, -0.05) is 6.92 Å². The van der Waals surface area contributed by atoms with Gasteiger partial charge in [-0.25, -0.2) is 0 Å². The third-order valence-electron chi connectivity index (χ3n) is 2.23. The Hall–Kier alpha value is -1.04. The Kier molecular flexibility index (Phi) is 5.17. The monoisotopic (exact) mass is 210 g/mol. The second kappa shape index (κ2) is 6.44. The van der Waals surface area contributed by atoms with Gasteiger partial charge in [-0.15, -0.1) is 0 Å². The van der Waals surface area contributed by atoms with E-state index in [1.54, 1.807) is 25.7 Å². The van der Waals surface area contributed by atoms with Crippen LogP contribution in [0.3, 0.4) is 0 Å². The molecule has 0 spiro atoms. The number of hydrogen-bond acceptors (Lipinski definition) is 5. The minimum atomic E-state index is 0.0313. The van der Waals surface area contributed by atoms with Gasteiger partial charge in [-0.2, -0.15) is 0 Å². The number of aromatic nitrogens is 2. The molecule has 1 rings (SSSR count). The second-order valence-corrected chi connectivity index (χ2v) is 3.65. The van der Waals surface area contributed by atoms with E-state index in [9.17, 15) is 0 Å². The summed E-state index contributed by atoms with van der Waals surface area (Å²) in [6.07, 6.45) is 5.92. The van der Waals surface area contributed by atoms with Crippen LogP contribution in [0.5, 0.6) is 0 Å². The number of hydrogen-bond donors (Lipinski definition) is 2. The molecule has 0 radical (unpaired) electrons. The lowest BCUT2D eigenvalue weighted by Gasteiger charge is -2.18. The first-order valence-electron chi connectivity index (χ1n) is 4.99. The van der Waals surface area contributed by atoms with Crippen molar-refractivity contribution in [3.8, 4) is 0 Å². The lowest BCUT2D eigenvalue weighted by molar-refractivity contribution is 0.149. The first-order chi connectivity index (χ1) is 7.27. The maximum atomic E-state index is 5.49. The fourth-order valence-electron chi connectivity index (χ4n) is 1.52. The lowest BCUT2D eigenvalue weighted by Crippen LogP contribution is -2.30. The van der Waals surface area contributed by atoms with E-state index in [-0.39, 0.29) is 6.04 Å². The number of methoxy groups -OCH3 is 1. The molecule has 5 heteroatoms. The zero-order valence-corrected chi connectivity index (χ0v) is 9.18. The molecule has 0 aromatic carbocycles. The maximum absolute atomic E-state index is 5.49. The van der Waals surface area contributed by atoms with Crippen LogP contribution >= 0.6 is 0 Å². The quantitative estimate of drug-likeness (QED) is 0.533. The molecule has 2 atom stereocenters. The summed E-state index contributed by atoms with van der Waals surface area (Å²) < 4.78 is 5.08. The molecule has 0 amide bonds. The number of nitrogens with two attached hydrogens (primary N) is 1. The molecule has 0 fully saturated rings. The predicted octanol–water partition coefficient (Wildman–Crippen LogP) is 0.654. The van der Waals surface area contributed by atoms with Gasteiger partial charge < -0.3 is 4.74 Å². The Bertz CT molecular complexity index is 267. The van der Waals surface area contributed by atoms with Crippen molar-refractivity contribution in [3.05, 3.63) is 24.3 Å². The zero-order chi connectivity index (χ0) is 11.1. The number of hydrazine groups is 1. The highest BCUT2D eigenvalue weighted by atomic mass is 16.5. The van der Waals surface area contributed by atoms with Gasteiger partial charge in [0.25, 0.3) is 0 Å². The van der Waals surface area contributed by atoms with Crippen LogP contribution in [0.4, 0.5) is 0 Å². The van der Waals surface area contributed by atoms with Crippen molar-refractivity contribution in [2.45, 2.75) is 19.4 Å². The molecule has 84 valence electrons. The molecule has 0 aliphatic carbocycles. The van der Waals surface area contributed by atoms with Crippen molar-refractivity contribution in [2.75, 3.05) is 13.7 Å². The molecular formula is C10H18N4O. The fraction of sp³-hybridized carbons (Fsp3) is 0.600. The highest BCUT2D eigenvalue weighted by molar-refractivity contribution is 5.01. The molecule has 0 saturated carbocycles. The van der Waals surface area contributed by atoms with Gasteiger partial charge in [0.05, 0.1) is 17.9 Å². The molecule has 1 heterocycles. The number of rotatable bonds is 6. The summed E-state index contributed by atoms with van der Waals surface area (Å²) in [5.74, 6) is 5.92. The van der Waals surface area contributed by atoms with E-state index in [4.69, 9.17) is 10.6 Å². The zero-order valence-electron chi connectivity index (χ0n) is 9.18. The van der Waals surface area contributed by atoms with E-state index in [1.165, 1.54) is 0 Å². The Morgan fingerprint density at radius 1 is 1.53 bits per heavy atom. The molecule has 15 heavy (non-hydrogen) atoms. The molecule has 2 unspecified atom stereocenters. The van der Waals surface area contributed by atoms with Crippen molar-refractivity contribution in [1.29, 1.82) is 0 Å². The van der Waals surface area contributed by atoms with Crippen LogP contribution < -0.4 is 11.3 Å². The van der Waals surface area contributed by atoms with E-state index in [0.29, 0.717) is 5.92 Å². The van der Waals surface area contributed by atoms with E-state index < -0.39 is 0 Å². The minimum Gasteiger partial charge on any atom is -0.384 e. The summed E-state index contributed by atoms with van der Waals surface area (Å²) in [6, 6.07) is 0.0313. The Labute approximate surface area is 90.0 Å². The highest BCUT2D eigenvalue weighted by Gasteiger charge is 2.14. The summed E-state index contributed by atoms with van der Waals surface area (Å²) in [6.45, 7) is 2.84. The van der Waals surface area contributed by atoms with Crippen molar-refractivity contribution in [2.24, 2.45) is 11.8 Å². The van der Waals surface area contributed by atoms with Crippen LogP contribution in [-0.2, 0) is 4.74 Å². The summed E-state index contributed by atoms with van der Waals surface area (Å²) in [7, 11) is 1.70. The van der Waals surface area contributed by atoms with Gasteiger partial charge in [0, 0.05) is 26.1 Å². The van der Waals surface area contributed by atoms with E-state index >= 15 is 0 Å². The molecule has 1 aromatic rings. The maximum Gasteiger partial charge on any atom is 0.0769 e. The summed E-state index contributed by atoms with van der Waals surface area (Å²) in [5, 5.41) is 0. The second-order valence-electron chi connectivity index (χ2n) is 3.65. The van der Waals surface area contributed by atoms with E-state index in [1.807, 2.05) is 0 Å². The molecule has 0 aliphatic rings. The summed E-state index contributed by atoms with van der Waals surface area (Å²) in [4.78, 5) is 8.23. The van der Waals surface area contributed by atoms with Gasteiger partial charge in [-0.05, 0) is 12.3 Å². The average Bonchev–Trinajstić information content (AvgIpc) is 2.27. The Morgan fingerprint density at radius 3 is 2.87 bits per heavy atom. The lowest BCUT2D eigenvalue weighted by atomic mass is 10.0. The highest BCUT2D eigenvalue weighted by Crippen LogP contribution is 2.17. The van der Waals surface area contributed by atoms with E-state index in [2.05, 4.69) is 22.3 Å². The standard InChI is InChI=1S/C10H18N4O/c1-8(7-15-2)5-9(14-11)10-6-12-3-4-13-10/h3-4,6,8-9,14H,5,7,11H2,1-2H3. The molecule has 1 aromatic heterocycles. The summed E-state index contributed by atoms with van der Waals surface area (Å²) in [5.41, 5.74) is 3.61. The largest absolute Gasteiger partial charge is 0.384 e. The minimum absolute atomic E-state index is 0.0313. The molecule has 0 saturated heterocycles. The SMILES string of the molecule is COCC(C)CC(NN)c1cnccn1. The first kappa shape index (κ1) is 12.0. The van der Waals surface area contributed by atoms with Crippen LogP contribution in [0.25, 0.3) is 0 Å². The van der Waals surface area contributed by atoms with Crippen LogP contribution in [0.2, 0.25) is 0 Å². The van der Waals surface area contributed by atoms with Crippen molar-refractivity contribution >= 4 is 0 Å². The smallest absolute Gasteiger partial charge is 0.0769 e. The van der Waals surface area contributed by atoms with Gasteiger partial charge >= 0.3 is 0 Å². The number of nitrogens with zero attached hydrogens (tertiary/aromatic N) is 2. The average molecular weight is 210 g/mol. The number of ether oxygens (including phenoxy) is 1. The van der Waals surface area contributed by atoms with Crippen LogP contribution in [-0.4, -0.2) is 23.7 Å². The van der Waals surface area contributed by atoms with Crippen LogP contribution in [0.1, 0.15) is 25.1 Å². The van der Waals surface area contributed by atoms with Gasteiger partial charge in [0.2, 0.25) is 0 Å². The first-order valence-corrected chi connectivity index (χ1v) is 4.99. The van der Waals surface area contributed by atoms with Gasteiger partial charge in [0.15, 0.2) is 0 Å². The predicted molar refractivity (Wildman–Crippen MR) is 57.8 cm³/mol. The fourth-order valence-corrected chi connectivity index (χ4v) is 1.52. The normalized spacial score (nSPS) is 14.9. The number of nitrogens with one attached hydrogen (secondary N) is 1. The summed E-state index contributed by atoms with van der Waals surface area (Å²) >= 11 is 0. The molecular weight excluding hydrogens is 192 g/mol. The van der Waals surface area contributed by atoms with Crippen LogP contribution in [0, 0.1) is 5.92 Å². The molecule has 0 aliphatic heterocycles. The van der Waals surface area contributed by atoms with Crippen molar-refractivity contribution in [3.63, 3.8) is 0 Å². The topological polar surface area (TPSA) is 73.1 Å². The van der Waals surface area contributed by atoms with Crippen LogP contribution in [0.15, 0.2) is 18.6 Å². The Morgan fingerprint density at radius 2 is 2.33 bits per heavy atom.